The largest absolute Gasteiger partial charge is 0.398 e. The average Bonchev–Trinajstić information content (AvgIpc) is 2.28. The maximum absolute atomic E-state index is 6.14. The molecule has 94 valence electrons. The molecule has 2 rings (SSSR count). The van der Waals surface area contributed by atoms with Crippen molar-refractivity contribution in [3.8, 4) is 0 Å². The van der Waals surface area contributed by atoms with Gasteiger partial charge in [0, 0.05) is 22.8 Å². The zero-order chi connectivity index (χ0) is 13.3. The fraction of sp³-hybridized carbons (Fsp3) is 0.250. The predicted octanol–water partition coefficient (Wildman–Crippen LogP) is 4.17. The quantitative estimate of drug-likeness (QED) is 0.816. The third kappa shape index (κ3) is 2.06. The minimum atomic E-state index is 0.354. The van der Waals surface area contributed by atoms with E-state index in [4.69, 9.17) is 5.73 Å². The highest BCUT2D eigenvalue weighted by Gasteiger charge is 2.15. The molecule has 0 unspecified atom stereocenters. The number of allylic oxidation sites excluding steroid dienone is 1. The number of nitrogens with two attached hydrogens (primary N) is 1. The van der Waals surface area contributed by atoms with Crippen molar-refractivity contribution in [2.24, 2.45) is 0 Å². The van der Waals surface area contributed by atoms with Crippen LogP contribution in [0.3, 0.4) is 0 Å². The number of benzene rings is 2. The molecular weight excluding hydrogens is 220 g/mol. The highest BCUT2D eigenvalue weighted by Crippen LogP contribution is 2.34. The molecule has 0 aromatic heterocycles. The van der Waals surface area contributed by atoms with E-state index >= 15 is 0 Å². The second kappa shape index (κ2) is 4.73. The molecule has 0 heterocycles. The molecule has 0 bridgehead atoms. The van der Waals surface area contributed by atoms with Crippen LogP contribution in [0.15, 0.2) is 48.7 Å². The van der Waals surface area contributed by atoms with Gasteiger partial charge in [0.05, 0.1) is 5.69 Å². The number of hydrogen-bond acceptors (Lipinski definition) is 2. The first kappa shape index (κ1) is 12.5. The first-order chi connectivity index (χ1) is 8.52. The van der Waals surface area contributed by atoms with Gasteiger partial charge in [-0.1, -0.05) is 30.8 Å². The standard InChI is InChI=1S/C16H20N2/c1-11(2)18(12(3)4)15-10-6-8-13-7-5-9-14(17)16(13)15/h5-10,12H,1,17H2,2-4H3. The number of rotatable bonds is 3. The summed E-state index contributed by atoms with van der Waals surface area (Å²) in [6.07, 6.45) is 0. The molecule has 2 aromatic rings. The minimum Gasteiger partial charge on any atom is -0.398 e. The van der Waals surface area contributed by atoms with Crippen LogP contribution in [-0.4, -0.2) is 6.04 Å². The van der Waals surface area contributed by atoms with Gasteiger partial charge >= 0.3 is 0 Å². The van der Waals surface area contributed by atoms with E-state index in [2.05, 4.69) is 49.6 Å². The van der Waals surface area contributed by atoms with Gasteiger partial charge in [0.15, 0.2) is 0 Å². The van der Waals surface area contributed by atoms with Crippen LogP contribution in [0.2, 0.25) is 0 Å². The predicted molar refractivity (Wildman–Crippen MR) is 80.8 cm³/mol. The molecule has 0 radical (unpaired) electrons. The Hall–Kier alpha value is -1.96. The van der Waals surface area contributed by atoms with Crippen LogP contribution in [-0.2, 0) is 0 Å². The van der Waals surface area contributed by atoms with Crippen LogP contribution < -0.4 is 10.6 Å². The molecule has 2 heteroatoms. The van der Waals surface area contributed by atoms with Gasteiger partial charge in [-0.15, -0.1) is 0 Å². The summed E-state index contributed by atoms with van der Waals surface area (Å²) in [4.78, 5) is 2.22. The lowest BCUT2D eigenvalue weighted by Crippen LogP contribution is -2.28. The summed E-state index contributed by atoms with van der Waals surface area (Å²) in [5.41, 5.74) is 9.11. The molecule has 2 N–H and O–H groups in total. The van der Waals surface area contributed by atoms with Crippen LogP contribution in [0.4, 0.5) is 11.4 Å². The fourth-order valence-corrected chi connectivity index (χ4v) is 2.48. The fourth-order valence-electron chi connectivity index (χ4n) is 2.48. The lowest BCUT2D eigenvalue weighted by Gasteiger charge is -2.30. The van der Waals surface area contributed by atoms with Crippen molar-refractivity contribution in [2.45, 2.75) is 26.8 Å². The molecular formula is C16H20N2. The normalized spacial score (nSPS) is 10.9. The maximum atomic E-state index is 6.14. The molecule has 0 fully saturated rings. The van der Waals surface area contributed by atoms with E-state index in [0.29, 0.717) is 6.04 Å². The van der Waals surface area contributed by atoms with Gasteiger partial charge in [-0.05, 0) is 38.3 Å². The summed E-state index contributed by atoms with van der Waals surface area (Å²) in [6.45, 7) is 10.4. The molecule has 0 aliphatic heterocycles. The Morgan fingerprint density at radius 2 is 1.78 bits per heavy atom. The molecule has 0 aliphatic rings. The number of nitrogens with zero attached hydrogens (tertiary/aromatic N) is 1. The monoisotopic (exact) mass is 240 g/mol. The molecule has 0 saturated heterocycles. The van der Waals surface area contributed by atoms with Crippen LogP contribution in [0.25, 0.3) is 10.8 Å². The summed E-state index contributed by atoms with van der Waals surface area (Å²) in [7, 11) is 0. The first-order valence-corrected chi connectivity index (χ1v) is 6.24. The first-order valence-electron chi connectivity index (χ1n) is 6.24. The molecule has 0 spiro atoms. The lowest BCUT2D eigenvalue weighted by molar-refractivity contribution is 0.758. The zero-order valence-electron chi connectivity index (χ0n) is 11.3. The van der Waals surface area contributed by atoms with Crippen LogP contribution in [0.1, 0.15) is 20.8 Å². The summed E-state index contributed by atoms with van der Waals surface area (Å²) in [6, 6.07) is 12.6. The van der Waals surface area contributed by atoms with Crippen molar-refractivity contribution in [2.75, 3.05) is 10.6 Å². The molecule has 0 aliphatic carbocycles. The van der Waals surface area contributed by atoms with Crippen molar-refractivity contribution in [1.82, 2.24) is 0 Å². The van der Waals surface area contributed by atoms with Gasteiger partial charge in [0.1, 0.15) is 0 Å². The molecule has 18 heavy (non-hydrogen) atoms. The average molecular weight is 240 g/mol. The molecule has 0 saturated carbocycles. The third-order valence-corrected chi connectivity index (χ3v) is 3.10. The maximum Gasteiger partial charge on any atom is 0.0510 e. The van der Waals surface area contributed by atoms with Crippen LogP contribution in [0.5, 0.6) is 0 Å². The summed E-state index contributed by atoms with van der Waals surface area (Å²) in [5.74, 6) is 0. The summed E-state index contributed by atoms with van der Waals surface area (Å²) >= 11 is 0. The second-order valence-electron chi connectivity index (χ2n) is 4.92. The van der Waals surface area contributed by atoms with E-state index in [9.17, 15) is 0 Å². The van der Waals surface area contributed by atoms with Gasteiger partial charge < -0.3 is 10.6 Å². The van der Waals surface area contributed by atoms with Crippen LogP contribution in [0, 0.1) is 0 Å². The van der Waals surface area contributed by atoms with Gasteiger partial charge in [-0.2, -0.15) is 0 Å². The lowest BCUT2D eigenvalue weighted by atomic mass is 10.0. The highest BCUT2D eigenvalue weighted by molar-refractivity contribution is 6.03. The van der Waals surface area contributed by atoms with E-state index < -0.39 is 0 Å². The van der Waals surface area contributed by atoms with Crippen molar-refractivity contribution in [3.63, 3.8) is 0 Å². The number of anilines is 2. The van der Waals surface area contributed by atoms with Crippen molar-refractivity contribution in [1.29, 1.82) is 0 Å². The zero-order valence-corrected chi connectivity index (χ0v) is 11.3. The second-order valence-corrected chi connectivity index (χ2v) is 4.92. The van der Waals surface area contributed by atoms with Gasteiger partial charge in [-0.3, -0.25) is 0 Å². The van der Waals surface area contributed by atoms with Crippen LogP contribution >= 0.6 is 0 Å². The molecule has 0 amide bonds. The Morgan fingerprint density at radius 1 is 1.17 bits per heavy atom. The van der Waals surface area contributed by atoms with E-state index in [1.54, 1.807) is 0 Å². The third-order valence-electron chi connectivity index (χ3n) is 3.10. The molecule has 0 atom stereocenters. The van der Waals surface area contributed by atoms with Crippen molar-refractivity contribution >= 4 is 22.1 Å². The topological polar surface area (TPSA) is 29.3 Å². The minimum absolute atomic E-state index is 0.354. The summed E-state index contributed by atoms with van der Waals surface area (Å²) < 4.78 is 0. The van der Waals surface area contributed by atoms with E-state index in [-0.39, 0.29) is 0 Å². The number of fused-ring (bicyclic) bond motifs is 1. The smallest absolute Gasteiger partial charge is 0.0510 e. The van der Waals surface area contributed by atoms with Gasteiger partial charge in [0.25, 0.3) is 0 Å². The Labute approximate surface area is 109 Å². The SMILES string of the molecule is C=C(C)N(c1cccc2cccc(N)c12)C(C)C. The Bertz CT molecular complexity index is 579. The molecule has 2 aromatic carbocycles. The van der Waals surface area contributed by atoms with Crippen molar-refractivity contribution in [3.05, 3.63) is 48.7 Å². The van der Waals surface area contributed by atoms with Crippen molar-refractivity contribution < 1.29 is 0 Å². The number of hydrogen-bond donors (Lipinski definition) is 1. The Balaban J connectivity index is 2.74. The Morgan fingerprint density at radius 3 is 2.33 bits per heavy atom. The van der Waals surface area contributed by atoms with Gasteiger partial charge in [0.2, 0.25) is 0 Å². The summed E-state index contributed by atoms with van der Waals surface area (Å²) in [5, 5.41) is 2.27. The number of nitrogen functional groups attached to an aromatic ring is 1. The van der Waals surface area contributed by atoms with Gasteiger partial charge in [-0.25, -0.2) is 0 Å². The molecule has 2 nitrogen and oxygen atoms in total. The van der Waals surface area contributed by atoms with E-state index in [1.165, 1.54) is 5.39 Å². The van der Waals surface area contributed by atoms with E-state index in [0.717, 1.165) is 22.5 Å². The Kier molecular flexibility index (Phi) is 3.28. The highest BCUT2D eigenvalue weighted by atomic mass is 15.2. The van der Waals surface area contributed by atoms with E-state index in [1.807, 2.05) is 19.1 Å².